The summed E-state index contributed by atoms with van der Waals surface area (Å²) in [6, 6.07) is 0.647. The fourth-order valence-corrected chi connectivity index (χ4v) is 3.15. The maximum atomic E-state index is 3.76. The Morgan fingerprint density at radius 2 is 1.65 bits per heavy atom. The lowest BCUT2D eigenvalue weighted by atomic mass is 9.80. The first-order valence-electron chi connectivity index (χ1n) is 7.37. The number of hydrogen-bond acceptors (Lipinski definition) is 2. The Morgan fingerprint density at radius 3 is 2.12 bits per heavy atom. The molecule has 17 heavy (non-hydrogen) atoms. The molecule has 0 aromatic rings. The smallest absolute Gasteiger partial charge is 0.0327 e. The van der Waals surface area contributed by atoms with E-state index in [4.69, 9.17) is 0 Å². The van der Waals surface area contributed by atoms with Gasteiger partial charge < -0.3 is 10.2 Å². The average molecular weight is 240 g/mol. The highest BCUT2D eigenvalue weighted by molar-refractivity contribution is 4.93. The minimum atomic E-state index is 0.420. The SMILES string of the molecule is CC(C)CC(C)NCC1(N(C)C)CCCCC1. The number of nitrogens with zero attached hydrogens (tertiary/aromatic N) is 1. The molecule has 1 saturated carbocycles. The highest BCUT2D eigenvalue weighted by Crippen LogP contribution is 2.31. The van der Waals surface area contributed by atoms with Crippen molar-refractivity contribution in [2.45, 2.75) is 70.9 Å². The molecule has 0 aromatic carbocycles. The van der Waals surface area contributed by atoms with Crippen molar-refractivity contribution in [3.8, 4) is 0 Å². The number of rotatable bonds is 6. The Balaban J connectivity index is 2.44. The lowest BCUT2D eigenvalue weighted by molar-refractivity contribution is 0.0949. The largest absolute Gasteiger partial charge is 0.312 e. The molecule has 1 rings (SSSR count). The van der Waals surface area contributed by atoms with Crippen molar-refractivity contribution in [3.05, 3.63) is 0 Å². The Bertz CT molecular complexity index is 205. The Kier molecular flexibility index (Phi) is 5.94. The fourth-order valence-electron chi connectivity index (χ4n) is 3.15. The van der Waals surface area contributed by atoms with Crippen LogP contribution in [-0.4, -0.2) is 37.1 Å². The van der Waals surface area contributed by atoms with Crippen molar-refractivity contribution >= 4 is 0 Å². The van der Waals surface area contributed by atoms with Crippen LogP contribution in [0.1, 0.15) is 59.3 Å². The second-order valence-electron chi connectivity index (χ2n) is 6.59. The summed E-state index contributed by atoms with van der Waals surface area (Å²) in [5.74, 6) is 0.791. The van der Waals surface area contributed by atoms with Crippen LogP contribution in [0.2, 0.25) is 0 Å². The third-order valence-electron chi connectivity index (χ3n) is 4.34. The summed E-state index contributed by atoms with van der Waals surface area (Å²) >= 11 is 0. The van der Waals surface area contributed by atoms with Gasteiger partial charge in [0.2, 0.25) is 0 Å². The van der Waals surface area contributed by atoms with Gasteiger partial charge in [-0.1, -0.05) is 33.1 Å². The molecule has 1 atom stereocenters. The molecule has 0 heterocycles. The van der Waals surface area contributed by atoms with Crippen LogP contribution < -0.4 is 5.32 Å². The topological polar surface area (TPSA) is 15.3 Å². The van der Waals surface area contributed by atoms with Crippen LogP contribution in [0.4, 0.5) is 0 Å². The van der Waals surface area contributed by atoms with Gasteiger partial charge in [0.1, 0.15) is 0 Å². The van der Waals surface area contributed by atoms with Crippen molar-refractivity contribution in [2.24, 2.45) is 5.92 Å². The molecule has 1 aliphatic rings. The van der Waals surface area contributed by atoms with Crippen molar-refractivity contribution in [1.29, 1.82) is 0 Å². The molecule has 1 aliphatic carbocycles. The second kappa shape index (κ2) is 6.75. The van der Waals surface area contributed by atoms with E-state index < -0.39 is 0 Å². The molecule has 0 radical (unpaired) electrons. The van der Waals surface area contributed by atoms with Gasteiger partial charge in [-0.05, 0) is 46.2 Å². The highest BCUT2D eigenvalue weighted by atomic mass is 15.2. The van der Waals surface area contributed by atoms with Gasteiger partial charge in [0, 0.05) is 18.1 Å². The lowest BCUT2D eigenvalue weighted by Gasteiger charge is -2.44. The summed E-state index contributed by atoms with van der Waals surface area (Å²) in [6.45, 7) is 8.10. The summed E-state index contributed by atoms with van der Waals surface area (Å²) in [5, 5.41) is 3.76. The van der Waals surface area contributed by atoms with Gasteiger partial charge in [-0.15, -0.1) is 0 Å². The van der Waals surface area contributed by atoms with E-state index in [-0.39, 0.29) is 0 Å². The molecule has 2 heteroatoms. The maximum absolute atomic E-state index is 3.76. The van der Waals surface area contributed by atoms with Crippen molar-refractivity contribution in [3.63, 3.8) is 0 Å². The van der Waals surface area contributed by atoms with E-state index in [0.717, 1.165) is 12.5 Å². The van der Waals surface area contributed by atoms with Crippen LogP contribution in [0.5, 0.6) is 0 Å². The molecule has 1 fully saturated rings. The van der Waals surface area contributed by atoms with Gasteiger partial charge in [-0.25, -0.2) is 0 Å². The van der Waals surface area contributed by atoms with E-state index in [1.807, 2.05) is 0 Å². The first-order chi connectivity index (χ1) is 7.96. The summed E-state index contributed by atoms with van der Waals surface area (Å²) in [5.41, 5.74) is 0.420. The zero-order valence-electron chi connectivity index (χ0n) is 12.6. The average Bonchev–Trinajstić information content (AvgIpc) is 2.26. The molecule has 0 bridgehead atoms. The Labute approximate surface area is 108 Å². The van der Waals surface area contributed by atoms with Gasteiger partial charge >= 0.3 is 0 Å². The summed E-state index contributed by atoms with van der Waals surface area (Å²) in [6.07, 6.45) is 8.24. The molecule has 1 unspecified atom stereocenters. The Hall–Kier alpha value is -0.0800. The summed E-state index contributed by atoms with van der Waals surface area (Å²) in [4.78, 5) is 2.46. The lowest BCUT2D eigenvalue weighted by Crippen LogP contribution is -2.54. The summed E-state index contributed by atoms with van der Waals surface area (Å²) in [7, 11) is 4.50. The van der Waals surface area contributed by atoms with Crippen LogP contribution in [0.25, 0.3) is 0 Å². The van der Waals surface area contributed by atoms with Gasteiger partial charge in [-0.3, -0.25) is 0 Å². The normalized spacial score (nSPS) is 22.1. The molecule has 102 valence electrons. The van der Waals surface area contributed by atoms with Crippen LogP contribution in [0.15, 0.2) is 0 Å². The third-order valence-corrected chi connectivity index (χ3v) is 4.34. The van der Waals surface area contributed by atoms with Gasteiger partial charge in [0.25, 0.3) is 0 Å². The molecule has 2 nitrogen and oxygen atoms in total. The quantitative estimate of drug-likeness (QED) is 0.766. The van der Waals surface area contributed by atoms with Gasteiger partial charge in [0.15, 0.2) is 0 Å². The van der Waals surface area contributed by atoms with E-state index in [1.54, 1.807) is 0 Å². The zero-order valence-corrected chi connectivity index (χ0v) is 12.6. The van der Waals surface area contributed by atoms with E-state index >= 15 is 0 Å². The second-order valence-corrected chi connectivity index (χ2v) is 6.59. The van der Waals surface area contributed by atoms with E-state index in [0.29, 0.717) is 11.6 Å². The minimum Gasteiger partial charge on any atom is -0.312 e. The molecule has 0 saturated heterocycles. The Morgan fingerprint density at radius 1 is 1.06 bits per heavy atom. The fraction of sp³-hybridized carbons (Fsp3) is 1.00. The first kappa shape index (κ1) is 15.0. The number of hydrogen-bond donors (Lipinski definition) is 1. The first-order valence-corrected chi connectivity index (χ1v) is 7.37. The van der Waals surface area contributed by atoms with Crippen LogP contribution in [-0.2, 0) is 0 Å². The molecule has 0 spiro atoms. The van der Waals surface area contributed by atoms with Crippen LogP contribution >= 0.6 is 0 Å². The van der Waals surface area contributed by atoms with E-state index in [1.165, 1.54) is 38.5 Å². The molecule has 0 aromatic heterocycles. The molecule has 0 amide bonds. The molecular formula is C15H32N2. The monoisotopic (exact) mass is 240 g/mol. The molecular weight excluding hydrogens is 208 g/mol. The summed E-state index contributed by atoms with van der Waals surface area (Å²) < 4.78 is 0. The van der Waals surface area contributed by atoms with Crippen molar-refractivity contribution in [2.75, 3.05) is 20.6 Å². The van der Waals surface area contributed by atoms with E-state index in [9.17, 15) is 0 Å². The van der Waals surface area contributed by atoms with Gasteiger partial charge in [0.05, 0.1) is 0 Å². The van der Waals surface area contributed by atoms with Crippen molar-refractivity contribution in [1.82, 2.24) is 10.2 Å². The predicted octanol–water partition coefficient (Wildman–Crippen LogP) is 3.28. The van der Waals surface area contributed by atoms with Crippen LogP contribution in [0, 0.1) is 5.92 Å². The van der Waals surface area contributed by atoms with Crippen molar-refractivity contribution < 1.29 is 0 Å². The molecule has 0 aliphatic heterocycles. The molecule has 1 N–H and O–H groups in total. The predicted molar refractivity (Wildman–Crippen MR) is 76.4 cm³/mol. The standard InChI is InChI=1S/C15H32N2/c1-13(2)11-14(3)16-12-15(17(4)5)9-7-6-8-10-15/h13-14,16H,6-12H2,1-5H3. The minimum absolute atomic E-state index is 0.420. The number of nitrogens with one attached hydrogen (secondary N) is 1. The van der Waals surface area contributed by atoms with Crippen LogP contribution in [0.3, 0.4) is 0 Å². The number of likely N-dealkylation sites (N-methyl/N-ethyl adjacent to an activating group) is 1. The third kappa shape index (κ3) is 4.59. The highest BCUT2D eigenvalue weighted by Gasteiger charge is 2.33. The van der Waals surface area contributed by atoms with Gasteiger partial charge in [-0.2, -0.15) is 0 Å². The zero-order chi connectivity index (χ0) is 12.9. The maximum Gasteiger partial charge on any atom is 0.0327 e. The van der Waals surface area contributed by atoms with E-state index in [2.05, 4.69) is 45.1 Å².